The number of aryl methyl sites for hydroxylation is 2. The Morgan fingerprint density at radius 1 is 0.969 bits per heavy atom. The molecule has 0 unspecified atom stereocenters. The Morgan fingerprint density at radius 2 is 1.74 bits per heavy atom. The first-order valence-corrected chi connectivity index (χ1v) is 25.7. The second-order valence-electron chi connectivity index (χ2n) is 24.6. The van der Waals surface area contributed by atoms with Crippen molar-refractivity contribution < 1.29 is 29.3 Å². The summed E-state index contributed by atoms with van der Waals surface area (Å²) >= 11 is 0. The van der Waals surface area contributed by atoms with Gasteiger partial charge in [0.2, 0.25) is 0 Å². The number of hydrogen-bond acceptors (Lipinski definition) is 7. The summed E-state index contributed by atoms with van der Waals surface area (Å²) in [4.78, 5) is 33.7. The van der Waals surface area contributed by atoms with Gasteiger partial charge in [0.15, 0.2) is 5.78 Å². The Labute approximate surface area is 387 Å². The molecule has 65 heavy (non-hydrogen) atoms. The van der Waals surface area contributed by atoms with Crippen LogP contribution in [-0.2, 0) is 38.4 Å². The molecule has 8 aliphatic rings. The number of fused-ring (bicyclic) bond motifs is 5. The van der Waals surface area contributed by atoms with Crippen molar-refractivity contribution >= 4 is 22.6 Å². The van der Waals surface area contributed by atoms with E-state index in [2.05, 4.69) is 87.1 Å². The molecule has 4 N–H and O–H groups in total. The number of nitrogens with zero attached hydrogens (tertiary/aromatic N) is 1. The highest BCUT2D eigenvalue weighted by Gasteiger charge is 2.73. The third kappa shape index (κ3) is 6.53. The number of hydrogen-bond donors (Lipinski definition) is 4. The Hall–Kier alpha value is -3.08. The molecule has 0 radical (unpaired) electrons. The first-order chi connectivity index (χ1) is 30.9. The molecule has 9 nitrogen and oxygen atoms in total. The molecular formula is C56H77N3O6. The fourth-order valence-corrected chi connectivity index (χ4v) is 17.4. The van der Waals surface area contributed by atoms with Crippen LogP contribution in [0.4, 0.5) is 0 Å². The number of ether oxygens (including phenoxy) is 2. The van der Waals surface area contributed by atoms with Crippen molar-refractivity contribution in [3.05, 3.63) is 69.6 Å². The number of aliphatic hydroxyl groups is 2. The Kier molecular flexibility index (Phi) is 10.4. The van der Waals surface area contributed by atoms with Crippen LogP contribution in [0, 0.1) is 51.8 Å². The highest BCUT2D eigenvalue weighted by Crippen LogP contribution is 2.76. The van der Waals surface area contributed by atoms with Gasteiger partial charge in [0, 0.05) is 79.8 Å². The smallest absolute Gasteiger partial charge is 0.160 e. The molecule has 2 aromatic heterocycles. The topological polar surface area (TPSA) is 129 Å². The van der Waals surface area contributed by atoms with Gasteiger partial charge in [-0.3, -0.25) is 9.59 Å². The molecule has 9 heteroatoms. The zero-order valence-electron chi connectivity index (χ0n) is 40.7. The summed E-state index contributed by atoms with van der Waals surface area (Å²) in [6, 6.07) is 7.46. The Balaban J connectivity index is 1.06. The number of Topliss-reactive ketones (excluding diaryl/α,β-unsaturated/α-hetero) is 2. The highest BCUT2D eigenvalue weighted by atomic mass is 16.6. The lowest BCUT2D eigenvalue weighted by atomic mass is 9.33. The number of carbonyl (C=O) groups is 2. The summed E-state index contributed by atoms with van der Waals surface area (Å²) in [6.07, 6.45) is 15.3. The summed E-state index contributed by atoms with van der Waals surface area (Å²) in [5.41, 5.74) is 8.37. The molecule has 6 fully saturated rings. The predicted molar refractivity (Wildman–Crippen MR) is 254 cm³/mol. The van der Waals surface area contributed by atoms with Crippen LogP contribution >= 0.6 is 0 Å². The van der Waals surface area contributed by atoms with Crippen molar-refractivity contribution in [3.8, 4) is 0 Å². The van der Waals surface area contributed by atoms with Crippen LogP contribution in [0.3, 0.4) is 0 Å². The maximum absolute atomic E-state index is 15.4. The van der Waals surface area contributed by atoms with E-state index < -0.39 is 28.6 Å². The number of nitrogens with one attached hydrogen (secondary N) is 2. The summed E-state index contributed by atoms with van der Waals surface area (Å²) < 4.78 is 14.3. The minimum Gasteiger partial charge on any atom is -0.392 e. The Bertz CT molecular complexity index is 2460. The van der Waals surface area contributed by atoms with Gasteiger partial charge in [-0.1, -0.05) is 57.9 Å². The van der Waals surface area contributed by atoms with Gasteiger partial charge in [-0.15, -0.1) is 0 Å². The average Bonchev–Trinajstić information content (AvgIpc) is 3.50. The number of carbonyl (C=O) groups excluding carboxylic acids is 2. The zero-order chi connectivity index (χ0) is 45.6. The maximum atomic E-state index is 15.4. The third-order valence-electron chi connectivity index (χ3n) is 20.6. The fourth-order valence-electron chi connectivity index (χ4n) is 17.4. The standard InChI is InChI=1S/C56H77N3O6/c1-32-22-33(24-36(23-32)34-14-20-64-21-15-34)25-37-30-59-31-39-44-45(52(4,27-41(61)50-51(2,3)65-50)17-11-35-29-58-46(37)47(35)59)40(60)28-55(44,7)54(6)19-12-42-53(5,49(54)48(39)63)18-13-43(62)56(42)16-9-10-38(26-56)57-8/h22-24,29-30,34,38-39,41-42,48-50,57-58,61,63H,9-21,25-28,31H2,1-8H3/t38-,39+,41-,42-,48-,49-,50-,52+,53-,54+,55+,56+/m1/s1. The van der Waals surface area contributed by atoms with Crippen molar-refractivity contribution in [2.45, 2.75) is 187 Å². The van der Waals surface area contributed by atoms with Crippen LogP contribution in [0.15, 0.2) is 41.7 Å². The van der Waals surface area contributed by atoms with E-state index in [1.165, 1.54) is 33.3 Å². The van der Waals surface area contributed by atoms with Crippen LogP contribution in [0.25, 0.3) is 11.0 Å². The van der Waals surface area contributed by atoms with Gasteiger partial charge < -0.3 is 34.6 Å². The van der Waals surface area contributed by atoms with Gasteiger partial charge in [0.05, 0.1) is 28.8 Å². The second kappa shape index (κ2) is 15.2. The molecule has 1 spiro atoms. The summed E-state index contributed by atoms with van der Waals surface area (Å²) in [5, 5.41) is 29.4. The zero-order valence-corrected chi connectivity index (χ0v) is 40.7. The molecule has 12 atom stereocenters. The van der Waals surface area contributed by atoms with E-state index in [0.717, 1.165) is 101 Å². The van der Waals surface area contributed by atoms with Crippen LogP contribution < -0.4 is 5.32 Å². The van der Waals surface area contributed by atoms with E-state index in [-0.39, 0.29) is 45.9 Å². The maximum Gasteiger partial charge on any atom is 0.160 e. The SMILES string of the molecule is CN[C@@H]1CCC[C@@]2(C1)C(=O)CC[C@@]1(C)[C@H]3[C@H](O)[C@H]4Cn5cc(Cc6cc(C)cc(C7CCOCC7)c6)c6[nH]cc(c65)CC[C@@](C)(C[C@@H](O)[C@H]5OC5(C)C)C5=C4[C@](C)(CC5=O)[C@@]3(C)CC[C@@H]21. The molecular weight excluding hydrogens is 811 g/mol. The van der Waals surface area contributed by atoms with Gasteiger partial charge in [-0.2, -0.15) is 0 Å². The monoisotopic (exact) mass is 888 g/mol. The molecule has 0 bridgehead atoms. The summed E-state index contributed by atoms with van der Waals surface area (Å²) in [6.45, 7) is 18.0. The molecule has 3 aromatic rings. The number of aromatic nitrogens is 2. The molecule has 352 valence electrons. The minimum atomic E-state index is -0.717. The molecule has 4 saturated carbocycles. The first kappa shape index (κ1) is 44.4. The second-order valence-corrected chi connectivity index (χ2v) is 24.6. The van der Waals surface area contributed by atoms with Crippen molar-refractivity contribution in [1.82, 2.24) is 14.9 Å². The van der Waals surface area contributed by atoms with Crippen molar-refractivity contribution in [3.63, 3.8) is 0 Å². The number of aliphatic hydroxyl groups excluding tert-OH is 2. The van der Waals surface area contributed by atoms with Crippen LogP contribution in [-0.4, -0.2) is 81.5 Å². The number of rotatable bonds is 7. The largest absolute Gasteiger partial charge is 0.392 e. The number of H-pyrrole nitrogens is 1. The molecule has 3 aliphatic heterocycles. The number of allylic oxidation sites excluding steroid dienone is 1. The van der Waals surface area contributed by atoms with Gasteiger partial charge >= 0.3 is 0 Å². The van der Waals surface area contributed by atoms with E-state index in [1.807, 2.05) is 13.8 Å². The van der Waals surface area contributed by atoms with Gasteiger partial charge in [0.1, 0.15) is 11.9 Å². The van der Waals surface area contributed by atoms with E-state index in [9.17, 15) is 15.0 Å². The van der Waals surface area contributed by atoms with Crippen molar-refractivity contribution in [2.24, 2.45) is 44.8 Å². The lowest BCUT2D eigenvalue weighted by Gasteiger charge is -2.71. The van der Waals surface area contributed by atoms with E-state index in [0.29, 0.717) is 50.0 Å². The van der Waals surface area contributed by atoms with Crippen molar-refractivity contribution in [2.75, 3.05) is 20.3 Å². The molecule has 5 heterocycles. The van der Waals surface area contributed by atoms with Crippen LogP contribution in [0.1, 0.15) is 159 Å². The van der Waals surface area contributed by atoms with Crippen molar-refractivity contribution in [1.29, 1.82) is 0 Å². The molecule has 2 saturated heterocycles. The van der Waals surface area contributed by atoms with E-state index >= 15 is 4.79 Å². The minimum absolute atomic E-state index is 0.0906. The third-order valence-corrected chi connectivity index (χ3v) is 20.6. The normalized spacial score (nSPS) is 40.8. The first-order valence-electron chi connectivity index (χ1n) is 25.7. The van der Waals surface area contributed by atoms with Gasteiger partial charge in [-0.25, -0.2) is 0 Å². The Morgan fingerprint density at radius 3 is 2.48 bits per heavy atom. The van der Waals surface area contributed by atoms with Gasteiger partial charge in [-0.05, 0) is 160 Å². The number of epoxide rings is 1. The number of ketones is 2. The van der Waals surface area contributed by atoms with Crippen LogP contribution in [0.2, 0.25) is 0 Å². The van der Waals surface area contributed by atoms with E-state index in [4.69, 9.17) is 9.47 Å². The molecule has 11 rings (SSSR count). The molecule has 1 aromatic carbocycles. The lowest BCUT2D eigenvalue weighted by molar-refractivity contribution is -0.227. The van der Waals surface area contributed by atoms with E-state index in [1.54, 1.807) is 0 Å². The predicted octanol–water partition coefficient (Wildman–Crippen LogP) is 9.46. The fraction of sp³-hybridized carbons (Fsp3) is 0.714. The average molecular weight is 888 g/mol. The number of aromatic amines is 1. The van der Waals surface area contributed by atoms with Gasteiger partial charge in [0.25, 0.3) is 0 Å². The van der Waals surface area contributed by atoms with Crippen LogP contribution in [0.5, 0.6) is 0 Å². The summed E-state index contributed by atoms with van der Waals surface area (Å²) in [7, 11) is 2.05. The summed E-state index contributed by atoms with van der Waals surface area (Å²) in [5.74, 6) is 0.953. The quantitative estimate of drug-likeness (QED) is 0.174. The molecule has 0 amide bonds. The highest BCUT2D eigenvalue weighted by molar-refractivity contribution is 6.02. The molecule has 5 aliphatic carbocycles. The lowest BCUT2D eigenvalue weighted by Crippen LogP contribution is -2.69. The number of benzene rings is 1.